The number of carbonyl (C=O) groups excluding carboxylic acids is 3. The number of aromatic nitrogens is 1. The van der Waals surface area contributed by atoms with Crippen LogP contribution in [0.3, 0.4) is 0 Å². The van der Waals surface area contributed by atoms with Crippen LogP contribution in [-0.2, 0) is 4.84 Å². The van der Waals surface area contributed by atoms with Gasteiger partial charge in [-0.3, -0.25) is 14.4 Å². The van der Waals surface area contributed by atoms with Crippen LogP contribution in [0.4, 0.5) is 0 Å². The number of nitrogens with zero attached hydrogens (tertiary/aromatic N) is 1. The van der Waals surface area contributed by atoms with E-state index in [0.29, 0.717) is 21.5 Å². The largest absolute Gasteiger partial charge is 0.369 e. The van der Waals surface area contributed by atoms with E-state index < -0.39 is 23.3 Å². The number of benzene rings is 2. The van der Waals surface area contributed by atoms with E-state index in [9.17, 15) is 19.2 Å². The van der Waals surface area contributed by atoms with Crippen molar-refractivity contribution >= 4 is 28.7 Å². The lowest BCUT2D eigenvalue weighted by molar-refractivity contribution is -0.0586. The van der Waals surface area contributed by atoms with Gasteiger partial charge in [0.25, 0.3) is 17.4 Å². The minimum Gasteiger partial charge on any atom is -0.324 e. The Balaban J connectivity index is 1.72. The Kier molecular flexibility index (Phi) is 3.43. The minimum absolute atomic E-state index is 0.148. The van der Waals surface area contributed by atoms with E-state index in [1.54, 1.807) is 43.3 Å². The normalized spacial score (nSPS) is 13.2. The Bertz CT molecular complexity index is 1130. The molecule has 0 spiro atoms. The van der Waals surface area contributed by atoms with Crippen molar-refractivity contribution in [1.29, 1.82) is 0 Å². The third-order valence-electron chi connectivity index (χ3n) is 4.32. The highest BCUT2D eigenvalue weighted by Gasteiger charge is 2.39. The van der Waals surface area contributed by atoms with Gasteiger partial charge in [-0.05, 0) is 30.7 Å². The second kappa shape index (κ2) is 5.66. The molecule has 1 aliphatic heterocycles. The van der Waals surface area contributed by atoms with E-state index in [1.807, 2.05) is 0 Å². The van der Waals surface area contributed by atoms with Crippen molar-refractivity contribution in [2.24, 2.45) is 0 Å². The molecule has 0 saturated heterocycles. The summed E-state index contributed by atoms with van der Waals surface area (Å²) in [6, 6.07) is 13.1. The van der Waals surface area contributed by atoms with Crippen molar-refractivity contribution in [3.05, 3.63) is 81.1 Å². The van der Waals surface area contributed by atoms with Crippen molar-refractivity contribution in [1.82, 2.24) is 10.0 Å². The SMILES string of the molecule is Cc1c(C(=O)ON2C(=O)c3ccccc3C2=O)c(=O)[nH]c2ccccc12. The number of aromatic amines is 1. The van der Waals surface area contributed by atoms with Crippen LogP contribution in [0.5, 0.6) is 0 Å². The van der Waals surface area contributed by atoms with E-state index in [2.05, 4.69) is 4.98 Å². The summed E-state index contributed by atoms with van der Waals surface area (Å²) in [5.41, 5.74) is 0.380. The maximum absolute atomic E-state index is 12.5. The van der Waals surface area contributed by atoms with Gasteiger partial charge in [0.05, 0.1) is 11.1 Å². The molecule has 128 valence electrons. The van der Waals surface area contributed by atoms with Crippen LogP contribution >= 0.6 is 0 Å². The fourth-order valence-corrected chi connectivity index (χ4v) is 3.03. The quantitative estimate of drug-likeness (QED) is 0.716. The van der Waals surface area contributed by atoms with Crippen LogP contribution < -0.4 is 5.56 Å². The third kappa shape index (κ3) is 2.21. The summed E-state index contributed by atoms with van der Waals surface area (Å²) >= 11 is 0. The highest BCUT2D eigenvalue weighted by Crippen LogP contribution is 2.24. The van der Waals surface area contributed by atoms with Gasteiger partial charge in [0.1, 0.15) is 5.56 Å². The lowest BCUT2D eigenvalue weighted by atomic mass is 10.1. The number of amides is 2. The lowest BCUT2D eigenvalue weighted by Gasteiger charge is -2.14. The summed E-state index contributed by atoms with van der Waals surface area (Å²) in [6.07, 6.45) is 0. The maximum Gasteiger partial charge on any atom is 0.369 e. The average Bonchev–Trinajstić information content (AvgIpc) is 2.87. The molecule has 0 bridgehead atoms. The van der Waals surface area contributed by atoms with E-state index in [0.717, 1.165) is 0 Å². The number of carbonyl (C=O) groups is 3. The fraction of sp³-hybridized carbons (Fsp3) is 0.0526. The number of rotatable bonds is 2. The highest BCUT2D eigenvalue weighted by molar-refractivity contribution is 6.21. The number of nitrogens with one attached hydrogen (secondary N) is 1. The molecule has 0 unspecified atom stereocenters. The molecule has 0 saturated carbocycles. The monoisotopic (exact) mass is 348 g/mol. The molecule has 0 atom stereocenters. The average molecular weight is 348 g/mol. The van der Waals surface area contributed by atoms with Gasteiger partial charge in [-0.1, -0.05) is 35.4 Å². The Morgan fingerprint density at radius 2 is 1.50 bits per heavy atom. The number of hydroxylamine groups is 2. The van der Waals surface area contributed by atoms with Gasteiger partial charge in [-0.25, -0.2) is 4.79 Å². The zero-order valence-corrected chi connectivity index (χ0v) is 13.6. The summed E-state index contributed by atoms with van der Waals surface area (Å²) in [4.78, 5) is 57.0. The number of pyridine rings is 1. The Morgan fingerprint density at radius 1 is 0.923 bits per heavy atom. The zero-order valence-electron chi connectivity index (χ0n) is 13.6. The predicted octanol–water partition coefficient (Wildman–Crippen LogP) is 2.20. The van der Waals surface area contributed by atoms with E-state index >= 15 is 0 Å². The standard InChI is InChI=1S/C19H12N2O5/c1-10-11-6-4-5-9-14(11)20-16(22)15(10)19(25)26-21-17(23)12-7-2-3-8-13(12)18(21)24/h2-9H,1H3,(H,20,22). The van der Waals surface area contributed by atoms with Crippen LogP contribution in [0.15, 0.2) is 53.3 Å². The van der Waals surface area contributed by atoms with Crippen molar-refractivity contribution in [3.63, 3.8) is 0 Å². The molecule has 2 heterocycles. The summed E-state index contributed by atoms with van der Waals surface area (Å²) in [7, 11) is 0. The van der Waals surface area contributed by atoms with E-state index in [4.69, 9.17) is 4.84 Å². The van der Waals surface area contributed by atoms with Crippen LogP contribution in [0.25, 0.3) is 10.9 Å². The Morgan fingerprint density at radius 3 is 2.15 bits per heavy atom. The molecule has 0 radical (unpaired) electrons. The molecule has 0 aliphatic carbocycles. The van der Waals surface area contributed by atoms with Gasteiger partial charge in [-0.2, -0.15) is 0 Å². The molecular formula is C19H12N2O5. The molecule has 3 aromatic rings. The van der Waals surface area contributed by atoms with Gasteiger partial charge in [0, 0.05) is 10.9 Å². The summed E-state index contributed by atoms with van der Waals surface area (Å²) < 4.78 is 0. The van der Waals surface area contributed by atoms with Crippen molar-refractivity contribution in [3.8, 4) is 0 Å². The van der Waals surface area contributed by atoms with Gasteiger partial charge < -0.3 is 9.82 Å². The number of hydrogen-bond donors (Lipinski definition) is 1. The zero-order chi connectivity index (χ0) is 18.4. The number of hydrogen-bond acceptors (Lipinski definition) is 5. The highest BCUT2D eigenvalue weighted by atomic mass is 16.7. The third-order valence-corrected chi connectivity index (χ3v) is 4.32. The second-order valence-corrected chi connectivity index (χ2v) is 5.83. The molecule has 7 heteroatoms. The first-order valence-corrected chi connectivity index (χ1v) is 7.81. The lowest BCUT2D eigenvalue weighted by Crippen LogP contribution is -2.35. The Hall–Kier alpha value is -3.74. The molecule has 26 heavy (non-hydrogen) atoms. The molecular weight excluding hydrogens is 336 g/mol. The summed E-state index contributed by atoms with van der Waals surface area (Å²) in [5.74, 6) is -2.55. The van der Waals surface area contributed by atoms with Crippen LogP contribution in [0.2, 0.25) is 0 Å². The summed E-state index contributed by atoms with van der Waals surface area (Å²) in [5, 5.41) is 1.06. The number of para-hydroxylation sites is 1. The van der Waals surface area contributed by atoms with E-state index in [-0.39, 0.29) is 16.7 Å². The molecule has 1 aliphatic rings. The molecule has 0 fully saturated rings. The number of aryl methyl sites for hydroxylation is 1. The van der Waals surface area contributed by atoms with Gasteiger partial charge in [0.2, 0.25) is 0 Å². The van der Waals surface area contributed by atoms with Crippen molar-refractivity contribution in [2.45, 2.75) is 6.92 Å². The molecule has 7 nitrogen and oxygen atoms in total. The van der Waals surface area contributed by atoms with Crippen LogP contribution in [-0.4, -0.2) is 27.8 Å². The van der Waals surface area contributed by atoms with Gasteiger partial charge in [-0.15, -0.1) is 0 Å². The second-order valence-electron chi connectivity index (χ2n) is 5.83. The van der Waals surface area contributed by atoms with Crippen LogP contribution in [0, 0.1) is 6.92 Å². The molecule has 1 aromatic heterocycles. The predicted molar refractivity (Wildman–Crippen MR) is 91.7 cm³/mol. The number of H-pyrrole nitrogens is 1. The molecule has 2 amide bonds. The molecule has 1 N–H and O–H groups in total. The minimum atomic E-state index is -1.07. The summed E-state index contributed by atoms with van der Waals surface area (Å²) in [6.45, 7) is 1.61. The number of imide groups is 1. The van der Waals surface area contributed by atoms with Crippen LogP contribution in [0.1, 0.15) is 36.6 Å². The number of fused-ring (bicyclic) bond motifs is 2. The first-order chi connectivity index (χ1) is 12.5. The van der Waals surface area contributed by atoms with Crippen molar-refractivity contribution < 1.29 is 19.2 Å². The van der Waals surface area contributed by atoms with Gasteiger partial charge in [0.15, 0.2) is 0 Å². The van der Waals surface area contributed by atoms with Gasteiger partial charge >= 0.3 is 5.97 Å². The first kappa shape index (κ1) is 15.8. The molecule has 4 rings (SSSR count). The van der Waals surface area contributed by atoms with E-state index in [1.165, 1.54) is 12.1 Å². The smallest absolute Gasteiger partial charge is 0.324 e. The maximum atomic E-state index is 12.5. The fourth-order valence-electron chi connectivity index (χ4n) is 3.03. The first-order valence-electron chi connectivity index (χ1n) is 7.81. The Labute approximate surface area is 146 Å². The molecule has 2 aromatic carbocycles. The topological polar surface area (TPSA) is 96.5 Å². The van der Waals surface area contributed by atoms with Crippen molar-refractivity contribution in [2.75, 3.05) is 0 Å².